The molecule has 23 heteroatoms. The Morgan fingerprint density at radius 1 is 0.780 bits per heavy atom. The number of nitrogens with one attached hydrogen (secondary N) is 1. The third kappa shape index (κ3) is 8.68. The first-order valence-corrected chi connectivity index (χ1v) is 16.2. The van der Waals surface area contributed by atoms with Gasteiger partial charge < -0.3 is 104 Å². The van der Waals surface area contributed by atoms with E-state index in [1.165, 1.54) is 0 Å². The van der Waals surface area contributed by atoms with E-state index in [2.05, 4.69) is 5.32 Å². The van der Waals surface area contributed by atoms with E-state index in [0.717, 1.165) is 0 Å². The van der Waals surface area contributed by atoms with Gasteiger partial charge in [-0.25, -0.2) is 8.78 Å². The Bertz CT molecular complexity index is 1110. The van der Waals surface area contributed by atoms with Gasteiger partial charge in [0.1, 0.15) is 54.9 Å². The number of ether oxygens (including phenoxy) is 6. The van der Waals surface area contributed by atoms with Crippen LogP contribution >= 0.6 is 0 Å². The molecular weight excluding hydrogens is 684 g/mol. The first-order valence-electron chi connectivity index (χ1n) is 16.2. The van der Waals surface area contributed by atoms with E-state index in [9.17, 15) is 49.3 Å². The third-order valence-electron chi connectivity index (χ3n) is 9.45. The Kier molecular flexibility index (Phi) is 14.2. The van der Waals surface area contributed by atoms with Crippen molar-refractivity contribution in [1.82, 2.24) is 5.32 Å². The maximum atomic E-state index is 14.0. The van der Waals surface area contributed by atoms with E-state index < -0.39 is 141 Å². The van der Waals surface area contributed by atoms with Crippen LogP contribution in [-0.2, 0) is 33.2 Å². The molecule has 0 aromatic heterocycles. The third-order valence-corrected chi connectivity index (χ3v) is 9.45. The fraction of sp³-hybridized carbons (Fsp3) is 0.963. The number of amides is 1. The SMILES string of the molecule is NC[C@@H]1C[C@@H](O)[C@@H](N)[C@@H](O[C@H]2[C@H](O[C@@H]3O[C@H](CO)[C@@H](O[C@H]4O[C@@H](CN)[C@@H](O)[C@H](O)[C@H]4N)[C@H]3O)[C@@H](O)[C@H](NC(=O)C(O)C(F)(F)CN)C[C@@H]2N)O1. The Balaban J connectivity index is 1.58. The first-order chi connectivity index (χ1) is 23.5. The quantitative estimate of drug-likeness (QED) is 0.0834. The molecule has 1 saturated carbocycles. The van der Waals surface area contributed by atoms with Crippen molar-refractivity contribution in [3.63, 3.8) is 0 Å². The Hall–Kier alpha value is -1.43. The molecule has 3 heterocycles. The molecule has 3 saturated heterocycles. The molecule has 1 aliphatic carbocycles. The minimum Gasteiger partial charge on any atom is -0.394 e. The van der Waals surface area contributed by atoms with Crippen molar-refractivity contribution in [3.8, 4) is 0 Å². The molecule has 0 aromatic rings. The predicted molar refractivity (Wildman–Crippen MR) is 161 cm³/mol. The van der Waals surface area contributed by atoms with Crippen molar-refractivity contribution in [2.45, 2.75) is 135 Å². The molecule has 292 valence electrons. The fourth-order valence-electron chi connectivity index (χ4n) is 6.36. The summed E-state index contributed by atoms with van der Waals surface area (Å²) in [5.74, 6) is -5.60. The lowest BCUT2D eigenvalue weighted by Crippen LogP contribution is -2.68. The molecule has 1 amide bonds. The number of aliphatic hydroxyl groups excluding tert-OH is 7. The summed E-state index contributed by atoms with van der Waals surface area (Å²) in [6.45, 7) is -2.38. The zero-order valence-corrected chi connectivity index (χ0v) is 26.9. The average Bonchev–Trinajstić information content (AvgIpc) is 3.39. The highest BCUT2D eigenvalue weighted by Crippen LogP contribution is 2.35. The highest BCUT2D eigenvalue weighted by molar-refractivity contribution is 5.82. The number of carbonyl (C=O) groups excluding carboxylic acids is 1. The van der Waals surface area contributed by atoms with E-state index in [4.69, 9.17) is 62.8 Å². The van der Waals surface area contributed by atoms with Gasteiger partial charge in [-0.3, -0.25) is 4.79 Å². The molecule has 0 spiro atoms. The van der Waals surface area contributed by atoms with Crippen molar-refractivity contribution in [3.05, 3.63) is 0 Å². The maximum Gasteiger partial charge on any atom is 0.294 e. The lowest BCUT2D eigenvalue weighted by atomic mass is 9.83. The standard InChI is InChI=1S/C27H51F2N7O14/c28-27(29,6-32)22(43)23(44)36-9-2-8(33)19(48-24-13(34)10(38)1-7(3-30)45-24)21(15(9)39)50-26-18(42)20(12(5-37)47-26)49-25-14(35)17(41)16(40)11(4-31)46-25/h7-22,24-26,37-43H,1-6,30-35H2,(H,36,44)/t7-,8-,9+,10+,11-,12+,13+,14+,15-,16+,17+,18+,19+,20+,21+,22?,24+,25+,26-/m0/s1. The Labute approximate surface area is 285 Å². The molecule has 21 nitrogen and oxygen atoms in total. The molecule has 1 unspecified atom stereocenters. The van der Waals surface area contributed by atoms with Crippen molar-refractivity contribution in [2.24, 2.45) is 34.4 Å². The van der Waals surface area contributed by atoms with Gasteiger partial charge in [0.2, 0.25) is 0 Å². The van der Waals surface area contributed by atoms with Gasteiger partial charge in [-0.2, -0.15) is 0 Å². The number of hydrogen-bond donors (Lipinski definition) is 14. The summed E-state index contributed by atoms with van der Waals surface area (Å²) in [7, 11) is 0. The van der Waals surface area contributed by atoms with E-state index >= 15 is 0 Å². The van der Waals surface area contributed by atoms with Crippen LogP contribution in [0.3, 0.4) is 0 Å². The second-order valence-corrected chi connectivity index (χ2v) is 13.0. The highest BCUT2D eigenvalue weighted by Gasteiger charge is 2.55. The van der Waals surface area contributed by atoms with Crippen molar-refractivity contribution < 1.29 is 77.7 Å². The zero-order valence-electron chi connectivity index (χ0n) is 26.9. The summed E-state index contributed by atoms with van der Waals surface area (Å²) in [4.78, 5) is 12.6. The average molecular weight is 736 g/mol. The van der Waals surface area contributed by atoms with Crippen LogP contribution < -0.4 is 39.7 Å². The molecule has 19 atom stereocenters. The molecule has 4 aliphatic rings. The van der Waals surface area contributed by atoms with Gasteiger partial charge in [-0.05, 0) is 6.42 Å². The summed E-state index contributed by atoms with van der Waals surface area (Å²) in [5, 5.41) is 75.8. The van der Waals surface area contributed by atoms with Gasteiger partial charge in [0.05, 0.1) is 43.5 Å². The fourth-order valence-corrected chi connectivity index (χ4v) is 6.36. The van der Waals surface area contributed by atoms with Gasteiger partial charge in [0, 0.05) is 25.6 Å². The van der Waals surface area contributed by atoms with Crippen LogP contribution in [-0.4, -0.2) is 190 Å². The van der Waals surface area contributed by atoms with Gasteiger partial charge in [-0.15, -0.1) is 0 Å². The highest BCUT2D eigenvalue weighted by atomic mass is 19.3. The van der Waals surface area contributed by atoms with Gasteiger partial charge >= 0.3 is 0 Å². The zero-order chi connectivity index (χ0) is 37.2. The molecular formula is C27H51F2N7O14. The Morgan fingerprint density at radius 2 is 1.38 bits per heavy atom. The number of nitrogens with two attached hydrogens (primary N) is 6. The smallest absolute Gasteiger partial charge is 0.294 e. The van der Waals surface area contributed by atoms with Crippen LogP contribution in [0.2, 0.25) is 0 Å². The molecule has 3 aliphatic heterocycles. The topological polar surface area (TPSA) is 382 Å². The van der Waals surface area contributed by atoms with E-state index in [1.807, 2.05) is 0 Å². The van der Waals surface area contributed by atoms with E-state index in [-0.39, 0.29) is 25.9 Å². The lowest BCUT2D eigenvalue weighted by Gasteiger charge is -2.47. The van der Waals surface area contributed by atoms with Gasteiger partial charge in [0.25, 0.3) is 11.8 Å². The second-order valence-electron chi connectivity index (χ2n) is 13.0. The summed E-state index contributed by atoms with van der Waals surface area (Å²) in [6, 6.07) is -5.12. The molecule has 50 heavy (non-hydrogen) atoms. The summed E-state index contributed by atoms with van der Waals surface area (Å²) >= 11 is 0. The maximum absolute atomic E-state index is 14.0. The van der Waals surface area contributed by atoms with Crippen LogP contribution in [0.25, 0.3) is 0 Å². The summed E-state index contributed by atoms with van der Waals surface area (Å²) < 4.78 is 62.8. The molecule has 0 bridgehead atoms. The number of aliphatic hydroxyl groups is 7. The number of carbonyl (C=O) groups is 1. The number of hydrogen-bond acceptors (Lipinski definition) is 20. The molecule has 4 fully saturated rings. The summed E-state index contributed by atoms with van der Waals surface area (Å²) in [6.07, 6.45) is -23.2. The number of alkyl halides is 2. The van der Waals surface area contributed by atoms with Crippen LogP contribution in [0.4, 0.5) is 8.78 Å². The van der Waals surface area contributed by atoms with Gasteiger partial charge in [-0.1, -0.05) is 0 Å². The number of halogens is 2. The Morgan fingerprint density at radius 3 is 1.98 bits per heavy atom. The predicted octanol–water partition coefficient (Wildman–Crippen LogP) is -8.75. The van der Waals surface area contributed by atoms with E-state index in [0.29, 0.717) is 0 Å². The monoisotopic (exact) mass is 735 g/mol. The van der Waals surface area contributed by atoms with Crippen molar-refractivity contribution in [1.29, 1.82) is 0 Å². The molecule has 20 N–H and O–H groups in total. The summed E-state index contributed by atoms with van der Waals surface area (Å²) in [5.41, 5.74) is 34.8. The second kappa shape index (κ2) is 17.1. The van der Waals surface area contributed by atoms with Crippen molar-refractivity contribution in [2.75, 3.05) is 26.2 Å². The minimum atomic E-state index is -4.01. The number of rotatable bonds is 13. The minimum absolute atomic E-state index is 0.0186. The van der Waals surface area contributed by atoms with Crippen LogP contribution in [0.1, 0.15) is 12.8 Å². The normalized spacial score (nSPS) is 46.5. The molecule has 4 rings (SSSR count). The van der Waals surface area contributed by atoms with Crippen LogP contribution in [0.15, 0.2) is 0 Å². The largest absolute Gasteiger partial charge is 0.394 e. The van der Waals surface area contributed by atoms with E-state index in [1.54, 1.807) is 0 Å². The lowest BCUT2D eigenvalue weighted by molar-refractivity contribution is -0.295. The molecule has 0 radical (unpaired) electrons. The molecule has 0 aromatic carbocycles. The van der Waals surface area contributed by atoms with Crippen molar-refractivity contribution >= 4 is 5.91 Å². The van der Waals surface area contributed by atoms with Gasteiger partial charge in [0.15, 0.2) is 25.0 Å². The van der Waals surface area contributed by atoms with Crippen LogP contribution in [0.5, 0.6) is 0 Å². The van der Waals surface area contributed by atoms with Crippen LogP contribution in [0, 0.1) is 0 Å². The first kappa shape index (κ1) is 41.3.